The molecule has 0 atom stereocenters. The summed E-state index contributed by atoms with van der Waals surface area (Å²) >= 11 is 6.04. The van der Waals surface area contributed by atoms with Gasteiger partial charge in [0, 0.05) is 43.9 Å². The van der Waals surface area contributed by atoms with Gasteiger partial charge >= 0.3 is 0 Å². The van der Waals surface area contributed by atoms with Crippen molar-refractivity contribution in [2.45, 2.75) is 19.8 Å². The highest BCUT2D eigenvalue weighted by Gasteiger charge is 2.41. The van der Waals surface area contributed by atoms with E-state index in [9.17, 15) is 9.59 Å². The summed E-state index contributed by atoms with van der Waals surface area (Å²) in [7, 11) is 0. The summed E-state index contributed by atoms with van der Waals surface area (Å²) in [6.07, 6.45) is 3.51. The Kier molecular flexibility index (Phi) is 6.04. The molecule has 0 radical (unpaired) electrons. The third-order valence-electron chi connectivity index (χ3n) is 5.58. The van der Waals surface area contributed by atoms with Gasteiger partial charge in [-0.2, -0.15) is 0 Å². The lowest BCUT2D eigenvalue weighted by atomic mass is 10.0. The fourth-order valence-corrected chi connectivity index (χ4v) is 4.08. The Morgan fingerprint density at radius 3 is 2.27 bits per heavy atom. The number of hydrogen-bond donors (Lipinski definition) is 0. The predicted octanol–water partition coefficient (Wildman–Crippen LogP) is 3.44. The third-order valence-corrected chi connectivity index (χ3v) is 5.83. The number of aromatic nitrogens is 1. The summed E-state index contributed by atoms with van der Waals surface area (Å²) in [4.78, 5) is 36.6. The molecule has 0 spiro atoms. The molecule has 0 saturated carbocycles. The van der Waals surface area contributed by atoms with Gasteiger partial charge in [0.15, 0.2) is 0 Å². The van der Waals surface area contributed by atoms with E-state index in [0.29, 0.717) is 35.9 Å². The van der Waals surface area contributed by atoms with Crippen molar-refractivity contribution in [3.05, 3.63) is 64.9 Å². The van der Waals surface area contributed by atoms with Crippen molar-refractivity contribution in [1.82, 2.24) is 14.8 Å². The molecule has 1 aromatic heterocycles. The van der Waals surface area contributed by atoms with Gasteiger partial charge in [-0.3, -0.25) is 14.5 Å². The second-order valence-electron chi connectivity index (χ2n) is 7.51. The number of amides is 2. The second-order valence-corrected chi connectivity index (χ2v) is 7.94. The molecule has 30 heavy (non-hydrogen) atoms. The number of piperazine rings is 1. The van der Waals surface area contributed by atoms with Crippen molar-refractivity contribution in [2.24, 2.45) is 0 Å². The summed E-state index contributed by atoms with van der Waals surface area (Å²) in [5.74, 6) is 0.532. The van der Waals surface area contributed by atoms with Crippen molar-refractivity contribution < 1.29 is 9.59 Å². The molecule has 156 valence electrons. The number of unbranched alkanes of at least 4 members (excludes halogenated alkanes) is 1. The van der Waals surface area contributed by atoms with Crippen LogP contribution in [0.4, 0.5) is 5.82 Å². The Bertz CT molecular complexity index is 951. The maximum absolute atomic E-state index is 13.3. The van der Waals surface area contributed by atoms with Crippen LogP contribution >= 0.6 is 11.6 Å². The van der Waals surface area contributed by atoms with Gasteiger partial charge in [0.1, 0.15) is 11.5 Å². The number of halogens is 1. The molecule has 1 fully saturated rings. The van der Waals surface area contributed by atoms with E-state index in [4.69, 9.17) is 11.6 Å². The highest BCUT2D eigenvalue weighted by molar-refractivity contribution is 6.36. The van der Waals surface area contributed by atoms with E-state index in [-0.39, 0.29) is 11.8 Å². The minimum absolute atomic E-state index is 0.190. The number of rotatable bonds is 6. The molecule has 2 aliphatic heterocycles. The maximum atomic E-state index is 13.3. The fourth-order valence-electron chi connectivity index (χ4n) is 3.95. The van der Waals surface area contributed by atoms with Crippen molar-refractivity contribution in [2.75, 3.05) is 37.6 Å². The SMILES string of the molecule is CCCCN1C(=O)C(c2ccc(Cl)cc2)=C(N2CCN(c3ccccn3)CC2)C1=O. The lowest BCUT2D eigenvalue weighted by Crippen LogP contribution is -2.48. The molecule has 0 aliphatic carbocycles. The summed E-state index contributed by atoms with van der Waals surface area (Å²) in [6, 6.07) is 13.0. The van der Waals surface area contributed by atoms with Crippen LogP contribution in [0.15, 0.2) is 54.4 Å². The van der Waals surface area contributed by atoms with Crippen LogP contribution in [0, 0.1) is 0 Å². The Balaban J connectivity index is 1.62. The highest BCUT2D eigenvalue weighted by Crippen LogP contribution is 2.33. The summed E-state index contributed by atoms with van der Waals surface area (Å²) in [5.41, 5.74) is 1.73. The molecule has 2 aromatic rings. The maximum Gasteiger partial charge on any atom is 0.277 e. The van der Waals surface area contributed by atoms with Crippen LogP contribution in [0.3, 0.4) is 0 Å². The van der Waals surface area contributed by atoms with E-state index in [1.165, 1.54) is 4.90 Å². The Morgan fingerprint density at radius 1 is 0.933 bits per heavy atom. The van der Waals surface area contributed by atoms with E-state index in [1.807, 2.05) is 30.3 Å². The minimum Gasteiger partial charge on any atom is -0.363 e. The van der Waals surface area contributed by atoms with Crippen LogP contribution in [0.5, 0.6) is 0 Å². The summed E-state index contributed by atoms with van der Waals surface area (Å²) in [5, 5.41) is 0.601. The molecule has 6 nitrogen and oxygen atoms in total. The zero-order valence-corrected chi connectivity index (χ0v) is 17.8. The number of pyridine rings is 1. The van der Waals surface area contributed by atoms with Crippen LogP contribution in [0.25, 0.3) is 5.57 Å². The van der Waals surface area contributed by atoms with Crippen molar-refractivity contribution in [3.63, 3.8) is 0 Å². The van der Waals surface area contributed by atoms with E-state index in [1.54, 1.807) is 18.3 Å². The third kappa shape index (κ3) is 3.92. The Hall–Kier alpha value is -2.86. The smallest absolute Gasteiger partial charge is 0.277 e. The molecule has 7 heteroatoms. The van der Waals surface area contributed by atoms with E-state index >= 15 is 0 Å². The first-order valence-electron chi connectivity index (χ1n) is 10.4. The average molecular weight is 425 g/mol. The second kappa shape index (κ2) is 8.88. The molecule has 4 rings (SSSR count). The lowest BCUT2D eigenvalue weighted by molar-refractivity contribution is -0.137. The predicted molar refractivity (Wildman–Crippen MR) is 118 cm³/mol. The number of imide groups is 1. The van der Waals surface area contributed by atoms with Gasteiger partial charge in [-0.05, 0) is 36.2 Å². The summed E-state index contributed by atoms with van der Waals surface area (Å²) < 4.78 is 0. The molecule has 1 aromatic carbocycles. The van der Waals surface area contributed by atoms with E-state index in [0.717, 1.165) is 37.3 Å². The van der Waals surface area contributed by atoms with Gasteiger partial charge in [0.25, 0.3) is 11.8 Å². The van der Waals surface area contributed by atoms with Gasteiger partial charge < -0.3 is 9.80 Å². The zero-order valence-electron chi connectivity index (χ0n) is 17.1. The molecular weight excluding hydrogens is 400 g/mol. The van der Waals surface area contributed by atoms with E-state index < -0.39 is 0 Å². The number of hydrogen-bond acceptors (Lipinski definition) is 5. The highest BCUT2D eigenvalue weighted by atomic mass is 35.5. The molecule has 0 bridgehead atoms. The first-order valence-corrected chi connectivity index (χ1v) is 10.7. The number of anilines is 1. The minimum atomic E-state index is -0.210. The topological polar surface area (TPSA) is 56.8 Å². The first kappa shape index (κ1) is 20.4. The van der Waals surface area contributed by atoms with Gasteiger partial charge in [-0.1, -0.05) is 43.1 Å². The monoisotopic (exact) mass is 424 g/mol. The number of benzene rings is 1. The van der Waals surface area contributed by atoms with Gasteiger partial charge in [-0.25, -0.2) is 4.98 Å². The molecule has 0 N–H and O–H groups in total. The lowest BCUT2D eigenvalue weighted by Gasteiger charge is -2.37. The van der Waals surface area contributed by atoms with Crippen molar-refractivity contribution in [3.8, 4) is 0 Å². The number of nitrogens with zero attached hydrogens (tertiary/aromatic N) is 4. The normalized spacial score (nSPS) is 17.3. The van der Waals surface area contributed by atoms with Crippen LogP contribution in [-0.4, -0.2) is 59.3 Å². The van der Waals surface area contributed by atoms with Gasteiger partial charge in [0.2, 0.25) is 0 Å². The zero-order chi connectivity index (χ0) is 21.1. The van der Waals surface area contributed by atoms with Crippen molar-refractivity contribution >= 4 is 34.8 Å². The largest absolute Gasteiger partial charge is 0.363 e. The fraction of sp³-hybridized carbons (Fsp3) is 0.348. The standard InChI is InChI=1S/C23H25ClN4O2/c1-2-3-12-28-22(29)20(17-7-9-18(24)10-8-17)21(23(28)30)27-15-13-26(14-16-27)19-6-4-5-11-25-19/h4-11H,2-3,12-16H2,1H3. The first-order chi connectivity index (χ1) is 14.6. The number of carbonyl (C=O) groups excluding carboxylic acids is 2. The van der Waals surface area contributed by atoms with Crippen molar-refractivity contribution in [1.29, 1.82) is 0 Å². The summed E-state index contributed by atoms with van der Waals surface area (Å²) in [6.45, 7) is 5.29. The van der Waals surface area contributed by atoms with Gasteiger partial charge in [-0.15, -0.1) is 0 Å². The van der Waals surface area contributed by atoms with Crippen LogP contribution in [-0.2, 0) is 9.59 Å². The molecule has 0 unspecified atom stereocenters. The molecule has 2 aliphatic rings. The van der Waals surface area contributed by atoms with E-state index in [2.05, 4.69) is 21.7 Å². The quantitative estimate of drug-likeness (QED) is 0.665. The Morgan fingerprint density at radius 2 is 1.63 bits per heavy atom. The molecule has 1 saturated heterocycles. The van der Waals surface area contributed by atoms with Gasteiger partial charge in [0.05, 0.1) is 5.57 Å². The average Bonchev–Trinajstić information content (AvgIpc) is 3.03. The van der Waals surface area contributed by atoms with Crippen LogP contribution in [0.1, 0.15) is 25.3 Å². The molecular formula is C23H25ClN4O2. The van der Waals surface area contributed by atoms with Crippen LogP contribution in [0.2, 0.25) is 5.02 Å². The molecule has 2 amide bonds. The number of carbonyl (C=O) groups is 2. The Labute approximate surface area is 181 Å². The molecule has 3 heterocycles. The van der Waals surface area contributed by atoms with Crippen LogP contribution < -0.4 is 4.90 Å².